The first-order valence-electron chi connectivity index (χ1n) is 9.30. The zero-order valence-electron chi connectivity index (χ0n) is 16.2. The van der Waals surface area contributed by atoms with Gasteiger partial charge in [-0.2, -0.15) is 0 Å². The number of H-pyrrole nitrogens is 1. The molecular weight excluding hydrogens is 425 g/mol. The second-order valence-electron chi connectivity index (χ2n) is 6.89. The summed E-state index contributed by atoms with van der Waals surface area (Å²) in [5, 5.41) is 11.6. The summed E-state index contributed by atoms with van der Waals surface area (Å²) in [6, 6.07) is 10.9. The molecule has 0 radical (unpaired) electrons. The van der Waals surface area contributed by atoms with E-state index in [9.17, 15) is 22.8 Å². The molecule has 0 aliphatic carbocycles. The van der Waals surface area contributed by atoms with Crippen molar-refractivity contribution in [3.05, 3.63) is 89.5 Å². The largest absolute Gasteiger partial charge is 0.345 e. The first-order chi connectivity index (χ1) is 15.4. The number of carbonyl (C=O) groups is 2. The molecule has 32 heavy (non-hydrogen) atoms. The van der Waals surface area contributed by atoms with Gasteiger partial charge in [0.05, 0.1) is 17.4 Å². The maximum atomic E-state index is 13.5. The molecule has 1 heterocycles. The minimum atomic E-state index is -1.57. The number of halogens is 3. The lowest BCUT2D eigenvalue weighted by atomic mass is 9.99. The summed E-state index contributed by atoms with van der Waals surface area (Å²) in [6.07, 6.45) is 1.48. The molecule has 0 saturated heterocycles. The minimum Gasteiger partial charge on any atom is -0.345 e. The molecule has 4 N–H and O–H groups in total. The number of hydroxylamine groups is 1. The monoisotopic (exact) mass is 440 g/mol. The molecule has 1 unspecified atom stereocenters. The highest BCUT2D eigenvalue weighted by atomic mass is 19.2. The summed E-state index contributed by atoms with van der Waals surface area (Å²) in [4.78, 5) is 31.8. The Morgan fingerprint density at radius 1 is 0.938 bits per heavy atom. The Morgan fingerprint density at radius 2 is 1.62 bits per heavy atom. The number of nitrogens with one attached hydrogen (secondary N) is 3. The second kappa shape index (κ2) is 8.52. The molecule has 4 aromatic rings. The van der Waals surface area contributed by atoms with Gasteiger partial charge < -0.3 is 10.3 Å². The number of imidazole rings is 1. The fourth-order valence-electron chi connectivity index (χ4n) is 3.25. The Hall–Kier alpha value is -4.18. The van der Waals surface area contributed by atoms with Crippen LogP contribution in [0.4, 0.5) is 13.2 Å². The van der Waals surface area contributed by atoms with Crippen molar-refractivity contribution in [3.63, 3.8) is 0 Å². The molecule has 162 valence electrons. The van der Waals surface area contributed by atoms with Gasteiger partial charge in [0.2, 0.25) is 0 Å². The van der Waals surface area contributed by atoms with E-state index in [4.69, 9.17) is 5.21 Å². The van der Waals surface area contributed by atoms with E-state index >= 15 is 0 Å². The number of carbonyl (C=O) groups excluding carboxylic acids is 2. The Kier molecular flexibility index (Phi) is 5.61. The van der Waals surface area contributed by atoms with Crippen LogP contribution in [0.1, 0.15) is 22.0 Å². The molecule has 0 saturated carbocycles. The maximum Gasteiger partial charge on any atom is 0.270 e. The van der Waals surface area contributed by atoms with E-state index in [1.54, 1.807) is 12.1 Å². The maximum absolute atomic E-state index is 13.5. The van der Waals surface area contributed by atoms with Gasteiger partial charge in [0, 0.05) is 5.56 Å². The first kappa shape index (κ1) is 21.1. The smallest absolute Gasteiger partial charge is 0.270 e. The van der Waals surface area contributed by atoms with Crippen LogP contribution in [0.25, 0.3) is 22.2 Å². The third-order valence-corrected chi connectivity index (χ3v) is 4.89. The molecule has 0 fully saturated rings. The number of aromatic amines is 1. The molecule has 1 aromatic heterocycles. The minimum absolute atomic E-state index is 0.0907. The molecule has 0 aliphatic heterocycles. The molecule has 0 bridgehead atoms. The van der Waals surface area contributed by atoms with Crippen LogP contribution in [0.2, 0.25) is 0 Å². The van der Waals surface area contributed by atoms with Crippen LogP contribution >= 0.6 is 0 Å². The fourth-order valence-corrected chi connectivity index (χ4v) is 3.25. The number of benzene rings is 3. The zero-order valence-corrected chi connectivity index (χ0v) is 16.2. The predicted octanol–water partition coefficient (Wildman–Crippen LogP) is 3.62. The quantitative estimate of drug-likeness (QED) is 0.216. The van der Waals surface area contributed by atoms with Gasteiger partial charge in [0.25, 0.3) is 11.8 Å². The normalized spacial score (nSPS) is 11.9. The molecule has 0 spiro atoms. The molecule has 1 atom stereocenters. The molecule has 2 amide bonds. The lowest BCUT2D eigenvalue weighted by Gasteiger charge is -2.18. The Morgan fingerprint density at radius 3 is 2.28 bits per heavy atom. The van der Waals surface area contributed by atoms with E-state index in [1.165, 1.54) is 42.1 Å². The van der Waals surface area contributed by atoms with Crippen molar-refractivity contribution in [2.45, 2.75) is 6.04 Å². The van der Waals surface area contributed by atoms with Gasteiger partial charge in [-0.05, 0) is 47.0 Å². The molecule has 4 rings (SSSR count). The summed E-state index contributed by atoms with van der Waals surface area (Å²) >= 11 is 0. The van der Waals surface area contributed by atoms with Crippen LogP contribution in [-0.4, -0.2) is 27.0 Å². The van der Waals surface area contributed by atoms with E-state index in [0.29, 0.717) is 22.2 Å². The summed E-state index contributed by atoms with van der Waals surface area (Å²) in [5.74, 6) is -5.71. The molecule has 0 aliphatic rings. The Balaban J connectivity index is 1.60. The number of hydrogen-bond acceptors (Lipinski definition) is 4. The Bertz CT molecular complexity index is 1300. The van der Waals surface area contributed by atoms with Gasteiger partial charge in [0.15, 0.2) is 17.5 Å². The molecule has 7 nitrogen and oxygen atoms in total. The van der Waals surface area contributed by atoms with E-state index in [0.717, 1.165) is 12.1 Å². The lowest BCUT2D eigenvalue weighted by Crippen LogP contribution is -2.39. The van der Waals surface area contributed by atoms with Crippen molar-refractivity contribution >= 4 is 22.8 Å². The zero-order chi connectivity index (χ0) is 22.8. The Labute approximate surface area is 178 Å². The number of aromatic nitrogens is 2. The van der Waals surface area contributed by atoms with Crippen molar-refractivity contribution in [1.82, 2.24) is 20.8 Å². The van der Waals surface area contributed by atoms with Crippen LogP contribution in [-0.2, 0) is 4.79 Å². The number of hydrogen-bond donors (Lipinski definition) is 4. The van der Waals surface area contributed by atoms with Gasteiger partial charge in [-0.25, -0.2) is 23.6 Å². The summed E-state index contributed by atoms with van der Waals surface area (Å²) in [6.45, 7) is 0. The second-order valence-corrected chi connectivity index (χ2v) is 6.89. The summed E-state index contributed by atoms with van der Waals surface area (Å²) < 4.78 is 40.2. The van der Waals surface area contributed by atoms with Gasteiger partial charge in [-0.1, -0.05) is 24.3 Å². The van der Waals surface area contributed by atoms with Gasteiger partial charge in [-0.3, -0.25) is 14.8 Å². The topological polar surface area (TPSA) is 107 Å². The van der Waals surface area contributed by atoms with Crippen LogP contribution < -0.4 is 10.8 Å². The molecule has 10 heteroatoms. The van der Waals surface area contributed by atoms with Crippen molar-refractivity contribution < 1.29 is 28.0 Å². The summed E-state index contributed by atoms with van der Waals surface area (Å²) in [5.41, 5.74) is 3.78. The van der Waals surface area contributed by atoms with E-state index in [2.05, 4.69) is 15.3 Å². The summed E-state index contributed by atoms with van der Waals surface area (Å²) in [7, 11) is 0. The fraction of sp³-hybridized carbons (Fsp3) is 0.0455. The van der Waals surface area contributed by atoms with Crippen LogP contribution in [0, 0.1) is 17.5 Å². The average Bonchev–Trinajstić information content (AvgIpc) is 3.28. The first-order valence-corrected chi connectivity index (χ1v) is 9.30. The third kappa shape index (κ3) is 4.03. The lowest BCUT2D eigenvalue weighted by molar-refractivity contribution is -0.131. The number of rotatable bonds is 5. The highest BCUT2D eigenvalue weighted by Crippen LogP contribution is 2.26. The van der Waals surface area contributed by atoms with Gasteiger partial charge >= 0.3 is 0 Å². The highest BCUT2D eigenvalue weighted by molar-refractivity contribution is 6.00. The molecular formula is C22H15F3N4O3. The van der Waals surface area contributed by atoms with E-state index < -0.39 is 35.3 Å². The third-order valence-electron chi connectivity index (χ3n) is 4.89. The van der Waals surface area contributed by atoms with Crippen molar-refractivity contribution in [2.24, 2.45) is 0 Å². The van der Waals surface area contributed by atoms with E-state index in [1.807, 2.05) is 0 Å². The SMILES string of the molecule is O=C(NC(C(=O)NO)c1ccc(-c2cc(F)c(F)c(F)c2)cc1)c1ccc2nc[nH]c2c1. The number of nitrogens with zero attached hydrogens (tertiary/aromatic N) is 1. The van der Waals surface area contributed by atoms with Gasteiger partial charge in [0.1, 0.15) is 6.04 Å². The van der Waals surface area contributed by atoms with Crippen LogP contribution in [0.5, 0.6) is 0 Å². The average molecular weight is 440 g/mol. The molecule has 3 aromatic carbocycles. The van der Waals surface area contributed by atoms with Crippen molar-refractivity contribution in [1.29, 1.82) is 0 Å². The van der Waals surface area contributed by atoms with Gasteiger partial charge in [-0.15, -0.1) is 0 Å². The van der Waals surface area contributed by atoms with E-state index in [-0.39, 0.29) is 11.1 Å². The van der Waals surface area contributed by atoms with Crippen molar-refractivity contribution in [2.75, 3.05) is 0 Å². The van der Waals surface area contributed by atoms with Crippen molar-refractivity contribution in [3.8, 4) is 11.1 Å². The number of amides is 2. The highest BCUT2D eigenvalue weighted by Gasteiger charge is 2.23. The number of fused-ring (bicyclic) bond motifs is 1. The predicted molar refractivity (Wildman–Crippen MR) is 108 cm³/mol. The standard InChI is InChI=1S/C22H15F3N4O3/c23-15-7-14(8-16(24)19(15)25)11-1-3-12(4-2-11)20(22(31)29-32)28-21(30)13-5-6-17-18(9-13)27-10-26-17/h1-10,20,32H,(H,26,27)(H,28,30)(H,29,31). The van der Waals surface area contributed by atoms with Crippen LogP contribution in [0.3, 0.4) is 0 Å². The van der Waals surface area contributed by atoms with Crippen LogP contribution in [0.15, 0.2) is 60.9 Å².